The third-order valence-corrected chi connectivity index (χ3v) is 3.20. The number of carboxylic acid groups (broad SMARTS) is 1. The molecule has 0 amide bonds. The van der Waals surface area contributed by atoms with Crippen LogP contribution in [-0.2, 0) is 4.79 Å². The highest BCUT2D eigenvalue weighted by Crippen LogP contribution is 2.36. The van der Waals surface area contributed by atoms with E-state index in [-0.39, 0.29) is 0 Å². The van der Waals surface area contributed by atoms with Crippen molar-refractivity contribution in [3.05, 3.63) is 28.8 Å². The third kappa shape index (κ3) is 6.08. The number of methoxy groups -OCH3 is 1. The number of benzene rings is 1. The van der Waals surface area contributed by atoms with Crippen LogP contribution in [0.25, 0.3) is 6.08 Å². The van der Waals surface area contributed by atoms with Gasteiger partial charge in [-0.05, 0) is 30.2 Å². The number of rotatable bonds is 9. The van der Waals surface area contributed by atoms with Crippen LogP contribution in [-0.4, -0.2) is 24.8 Å². The standard InChI is InChI=1S/C16H21ClO4/c1-3-4-5-6-9-21-16-13(17)10-12(7-8-15(18)19)11-14(16)20-2/h7-8,10-11H,3-6,9H2,1-2H3,(H,18,19)/b8-7+. The molecule has 0 aliphatic heterocycles. The van der Waals surface area contributed by atoms with Crippen molar-refractivity contribution in [1.29, 1.82) is 0 Å². The fraction of sp³-hybridized carbons (Fsp3) is 0.438. The fourth-order valence-electron chi connectivity index (χ4n) is 1.85. The molecule has 0 saturated carbocycles. The molecular weight excluding hydrogens is 292 g/mol. The van der Waals surface area contributed by atoms with E-state index in [4.69, 9.17) is 26.2 Å². The molecule has 116 valence electrons. The summed E-state index contributed by atoms with van der Waals surface area (Å²) in [5, 5.41) is 9.05. The summed E-state index contributed by atoms with van der Waals surface area (Å²) in [6.45, 7) is 2.74. The number of hydrogen-bond donors (Lipinski definition) is 1. The molecule has 21 heavy (non-hydrogen) atoms. The van der Waals surface area contributed by atoms with E-state index in [2.05, 4.69) is 6.92 Å². The van der Waals surface area contributed by atoms with E-state index in [1.54, 1.807) is 12.1 Å². The Morgan fingerprint density at radius 2 is 2.10 bits per heavy atom. The Labute approximate surface area is 130 Å². The summed E-state index contributed by atoms with van der Waals surface area (Å²) in [6, 6.07) is 3.36. The number of aliphatic carboxylic acids is 1. The van der Waals surface area contributed by atoms with Crippen LogP contribution in [0, 0.1) is 0 Å². The predicted molar refractivity (Wildman–Crippen MR) is 84.3 cm³/mol. The molecule has 0 aliphatic carbocycles. The zero-order valence-electron chi connectivity index (χ0n) is 12.4. The number of carboxylic acids is 1. The third-order valence-electron chi connectivity index (χ3n) is 2.91. The van der Waals surface area contributed by atoms with Gasteiger partial charge in [-0.15, -0.1) is 0 Å². The highest BCUT2D eigenvalue weighted by molar-refractivity contribution is 6.32. The lowest BCUT2D eigenvalue weighted by Crippen LogP contribution is -2.00. The Bertz CT molecular complexity index is 497. The molecule has 4 nitrogen and oxygen atoms in total. The topological polar surface area (TPSA) is 55.8 Å². The van der Waals surface area contributed by atoms with E-state index in [0.717, 1.165) is 18.9 Å². The fourth-order valence-corrected chi connectivity index (χ4v) is 2.12. The molecule has 0 spiro atoms. The first-order valence-electron chi connectivity index (χ1n) is 6.99. The van der Waals surface area contributed by atoms with Gasteiger partial charge in [-0.1, -0.05) is 37.8 Å². The molecule has 0 bridgehead atoms. The van der Waals surface area contributed by atoms with Crippen LogP contribution in [0.5, 0.6) is 11.5 Å². The van der Waals surface area contributed by atoms with Crippen LogP contribution in [0.3, 0.4) is 0 Å². The molecule has 0 aromatic heterocycles. The average molecular weight is 313 g/mol. The number of halogens is 1. The van der Waals surface area contributed by atoms with E-state index < -0.39 is 5.97 Å². The molecule has 1 rings (SSSR count). The Hall–Kier alpha value is -1.68. The number of hydrogen-bond acceptors (Lipinski definition) is 3. The maximum Gasteiger partial charge on any atom is 0.328 e. The Balaban J connectivity index is 2.77. The normalized spacial score (nSPS) is 10.8. The van der Waals surface area contributed by atoms with Crippen LogP contribution in [0.2, 0.25) is 5.02 Å². The minimum absolute atomic E-state index is 0.412. The minimum Gasteiger partial charge on any atom is -0.493 e. The van der Waals surface area contributed by atoms with Crippen molar-refractivity contribution < 1.29 is 19.4 Å². The molecule has 0 aliphatic rings. The lowest BCUT2D eigenvalue weighted by Gasteiger charge is -2.13. The molecule has 1 aromatic rings. The monoisotopic (exact) mass is 312 g/mol. The van der Waals surface area contributed by atoms with Crippen LogP contribution in [0.15, 0.2) is 18.2 Å². The molecule has 0 radical (unpaired) electrons. The first-order valence-corrected chi connectivity index (χ1v) is 7.37. The van der Waals surface area contributed by atoms with Crippen LogP contribution < -0.4 is 9.47 Å². The average Bonchev–Trinajstić information content (AvgIpc) is 2.46. The van der Waals surface area contributed by atoms with E-state index in [9.17, 15) is 4.79 Å². The van der Waals surface area contributed by atoms with Crippen LogP contribution in [0.1, 0.15) is 38.2 Å². The van der Waals surface area contributed by atoms with E-state index >= 15 is 0 Å². The minimum atomic E-state index is -1.01. The van der Waals surface area contributed by atoms with Crippen molar-refractivity contribution in [3.8, 4) is 11.5 Å². The second-order valence-electron chi connectivity index (χ2n) is 4.61. The van der Waals surface area contributed by atoms with Crippen molar-refractivity contribution in [1.82, 2.24) is 0 Å². The van der Waals surface area contributed by atoms with Gasteiger partial charge in [0.2, 0.25) is 0 Å². The van der Waals surface area contributed by atoms with Crippen molar-refractivity contribution in [2.24, 2.45) is 0 Å². The summed E-state index contributed by atoms with van der Waals surface area (Å²) in [6.07, 6.45) is 6.96. The van der Waals surface area contributed by atoms with Crippen molar-refractivity contribution in [2.45, 2.75) is 32.6 Å². The molecule has 1 N–H and O–H groups in total. The first-order chi connectivity index (χ1) is 10.1. The first kappa shape index (κ1) is 17.4. The zero-order chi connectivity index (χ0) is 15.7. The van der Waals surface area contributed by atoms with E-state index in [0.29, 0.717) is 28.7 Å². The second-order valence-corrected chi connectivity index (χ2v) is 5.02. The highest BCUT2D eigenvalue weighted by Gasteiger charge is 2.11. The summed E-state index contributed by atoms with van der Waals surface area (Å²) >= 11 is 6.18. The van der Waals surface area contributed by atoms with Gasteiger partial charge in [0.25, 0.3) is 0 Å². The Morgan fingerprint density at radius 1 is 1.33 bits per heavy atom. The Morgan fingerprint density at radius 3 is 2.71 bits per heavy atom. The molecule has 5 heteroatoms. The molecule has 0 fully saturated rings. The predicted octanol–water partition coefficient (Wildman–Crippen LogP) is 4.41. The molecule has 0 unspecified atom stereocenters. The lowest BCUT2D eigenvalue weighted by molar-refractivity contribution is -0.131. The van der Waals surface area contributed by atoms with Crippen molar-refractivity contribution in [3.63, 3.8) is 0 Å². The summed E-state index contributed by atoms with van der Waals surface area (Å²) in [4.78, 5) is 10.5. The Kier molecular flexibility index (Phi) is 7.69. The van der Waals surface area contributed by atoms with Crippen LogP contribution >= 0.6 is 11.6 Å². The van der Waals surface area contributed by atoms with E-state index in [1.807, 2.05) is 0 Å². The number of carbonyl (C=O) groups is 1. The van der Waals surface area contributed by atoms with Crippen molar-refractivity contribution in [2.75, 3.05) is 13.7 Å². The number of unbranched alkanes of at least 4 members (excludes halogenated alkanes) is 3. The van der Waals surface area contributed by atoms with Gasteiger partial charge in [-0.2, -0.15) is 0 Å². The van der Waals surface area contributed by atoms with E-state index in [1.165, 1.54) is 26.0 Å². The zero-order valence-corrected chi connectivity index (χ0v) is 13.2. The highest BCUT2D eigenvalue weighted by atomic mass is 35.5. The van der Waals surface area contributed by atoms with Gasteiger partial charge < -0.3 is 14.6 Å². The molecule has 0 atom stereocenters. The lowest BCUT2D eigenvalue weighted by atomic mass is 10.2. The maximum absolute atomic E-state index is 10.5. The second kappa shape index (κ2) is 9.29. The van der Waals surface area contributed by atoms with Gasteiger partial charge in [0, 0.05) is 6.08 Å². The SMILES string of the molecule is CCCCCCOc1c(Cl)cc(/C=C/C(=O)O)cc1OC. The van der Waals surface area contributed by atoms with Crippen LogP contribution in [0.4, 0.5) is 0 Å². The van der Waals surface area contributed by atoms with Gasteiger partial charge >= 0.3 is 5.97 Å². The van der Waals surface area contributed by atoms with Crippen molar-refractivity contribution >= 4 is 23.6 Å². The quantitative estimate of drug-likeness (QED) is 0.542. The summed E-state index contributed by atoms with van der Waals surface area (Å²) in [5.41, 5.74) is 0.651. The molecule has 0 saturated heterocycles. The van der Waals surface area contributed by atoms with Gasteiger partial charge in [-0.3, -0.25) is 0 Å². The smallest absolute Gasteiger partial charge is 0.328 e. The van der Waals surface area contributed by atoms with Gasteiger partial charge in [0.15, 0.2) is 11.5 Å². The summed E-state index contributed by atoms with van der Waals surface area (Å²) < 4.78 is 10.9. The van der Waals surface area contributed by atoms with Gasteiger partial charge in [0.1, 0.15) is 0 Å². The largest absolute Gasteiger partial charge is 0.493 e. The summed E-state index contributed by atoms with van der Waals surface area (Å²) in [7, 11) is 1.53. The summed E-state index contributed by atoms with van der Waals surface area (Å²) in [5.74, 6) is -0.00693. The maximum atomic E-state index is 10.5. The number of ether oxygens (including phenoxy) is 2. The van der Waals surface area contributed by atoms with Gasteiger partial charge in [-0.25, -0.2) is 4.79 Å². The van der Waals surface area contributed by atoms with Gasteiger partial charge in [0.05, 0.1) is 18.7 Å². The molecule has 1 aromatic carbocycles. The molecular formula is C16H21ClO4. The molecule has 0 heterocycles.